The maximum absolute atomic E-state index is 11.8. The quantitative estimate of drug-likeness (QED) is 0.878. The second-order valence-electron chi connectivity index (χ2n) is 3.84. The minimum Gasteiger partial charge on any atom is -0.324 e. The van der Waals surface area contributed by atoms with Crippen LogP contribution in [-0.4, -0.2) is 24.0 Å². The molecule has 1 atom stereocenters. The summed E-state index contributed by atoms with van der Waals surface area (Å²) in [6.45, 7) is 1.95. The summed E-state index contributed by atoms with van der Waals surface area (Å²) in [5.74, 6) is 0.776. The number of rotatable bonds is 5. The average molecular weight is 317 g/mol. The summed E-state index contributed by atoms with van der Waals surface area (Å²) >= 11 is 5.08. The largest absolute Gasteiger partial charge is 0.324 e. The Balaban J connectivity index is 2.61. The van der Waals surface area contributed by atoms with Gasteiger partial charge in [-0.2, -0.15) is 11.8 Å². The third-order valence-electron chi connectivity index (χ3n) is 2.42. The number of hydrogen-bond acceptors (Lipinski definition) is 3. The number of hydrogen-bond donors (Lipinski definition) is 2. The lowest BCUT2D eigenvalue weighted by molar-refractivity contribution is -0.117. The van der Waals surface area contributed by atoms with E-state index < -0.39 is 6.04 Å². The molecule has 0 aliphatic carbocycles. The standard InChI is InChI=1S/C12H17BrN2OS/c1-8-7-9(13)3-4-11(8)15-12(16)10(14)5-6-17-2/h3-4,7,10H,5-6,14H2,1-2H3,(H,15,16)/t10-/m0/s1. The van der Waals surface area contributed by atoms with Gasteiger partial charge in [0.05, 0.1) is 6.04 Å². The van der Waals surface area contributed by atoms with Crippen molar-refractivity contribution < 1.29 is 4.79 Å². The summed E-state index contributed by atoms with van der Waals surface area (Å²) in [5, 5.41) is 2.85. The van der Waals surface area contributed by atoms with Gasteiger partial charge in [0.1, 0.15) is 0 Å². The van der Waals surface area contributed by atoms with Crippen molar-refractivity contribution in [1.29, 1.82) is 0 Å². The van der Waals surface area contributed by atoms with Crippen molar-refractivity contribution in [2.45, 2.75) is 19.4 Å². The molecule has 0 saturated heterocycles. The number of thioether (sulfide) groups is 1. The van der Waals surface area contributed by atoms with Crippen molar-refractivity contribution in [2.24, 2.45) is 5.73 Å². The smallest absolute Gasteiger partial charge is 0.241 e. The number of nitrogens with two attached hydrogens (primary N) is 1. The molecule has 0 aromatic heterocycles. The number of amides is 1. The number of halogens is 1. The van der Waals surface area contributed by atoms with Crippen LogP contribution in [-0.2, 0) is 4.79 Å². The van der Waals surface area contributed by atoms with Gasteiger partial charge in [-0.3, -0.25) is 4.79 Å². The van der Waals surface area contributed by atoms with Crippen molar-refractivity contribution in [3.05, 3.63) is 28.2 Å². The highest BCUT2D eigenvalue weighted by atomic mass is 79.9. The van der Waals surface area contributed by atoms with Crippen LogP contribution in [0.25, 0.3) is 0 Å². The van der Waals surface area contributed by atoms with Crippen LogP contribution in [0.2, 0.25) is 0 Å². The second-order valence-corrected chi connectivity index (χ2v) is 5.74. The zero-order valence-electron chi connectivity index (χ0n) is 10.00. The van der Waals surface area contributed by atoms with E-state index in [1.807, 2.05) is 31.4 Å². The van der Waals surface area contributed by atoms with Crippen molar-refractivity contribution in [3.63, 3.8) is 0 Å². The normalized spacial score (nSPS) is 12.2. The monoisotopic (exact) mass is 316 g/mol. The topological polar surface area (TPSA) is 55.1 Å². The van der Waals surface area contributed by atoms with E-state index in [0.717, 1.165) is 21.5 Å². The van der Waals surface area contributed by atoms with Gasteiger partial charge in [-0.25, -0.2) is 0 Å². The van der Waals surface area contributed by atoms with Crippen LogP contribution < -0.4 is 11.1 Å². The Kier molecular flexibility index (Phi) is 6.02. The first-order valence-corrected chi connectivity index (χ1v) is 7.55. The first kappa shape index (κ1) is 14.5. The molecule has 1 amide bonds. The first-order chi connectivity index (χ1) is 8.04. The molecule has 5 heteroatoms. The fourth-order valence-corrected chi connectivity index (χ4v) is 2.33. The van der Waals surface area contributed by atoms with E-state index in [2.05, 4.69) is 21.2 Å². The van der Waals surface area contributed by atoms with E-state index in [1.54, 1.807) is 11.8 Å². The molecule has 0 unspecified atom stereocenters. The number of carbonyl (C=O) groups excluding carboxylic acids is 1. The first-order valence-electron chi connectivity index (χ1n) is 5.36. The lowest BCUT2D eigenvalue weighted by Crippen LogP contribution is -2.36. The highest BCUT2D eigenvalue weighted by Gasteiger charge is 2.13. The molecule has 0 fully saturated rings. The van der Waals surface area contributed by atoms with Gasteiger partial charge in [0.25, 0.3) is 0 Å². The Morgan fingerprint density at radius 1 is 1.59 bits per heavy atom. The third kappa shape index (κ3) is 4.69. The Hall–Kier alpha value is -0.520. The molecular formula is C12H17BrN2OS. The highest BCUT2D eigenvalue weighted by molar-refractivity contribution is 9.10. The summed E-state index contributed by atoms with van der Waals surface area (Å²) in [5.41, 5.74) is 7.63. The second kappa shape index (κ2) is 7.03. The molecule has 0 heterocycles. The molecular weight excluding hydrogens is 300 g/mol. The van der Waals surface area contributed by atoms with Crippen molar-refractivity contribution >= 4 is 39.3 Å². The van der Waals surface area contributed by atoms with Crippen molar-refractivity contribution in [1.82, 2.24) is 0 Å². The summed E-state index contributed by atoms with van der Waals surface area (Å²) in [6.07, 6.45) is 2.70. The molecule has 3 N–H and O–H groups in total. The Bertz CT molecular complexity index is 398. The summed E-state index contributed by atoms with van der Waals surface area (Å²) in [7, 11) is 0. The number of anilines is 1. The van der Waals surface area contributed by atoms with Gasteiger partial charge in [-0.15, -0.1) is 0 Å². The van der Waals surface area contributed by atoms with Gasteiger partial charge in [0.2, 0.25) is 5.91 Å². The van der Waals surface area contributed by atoms with Crippen molar-refractivity contribution in [2.75, 3.05) is 17.3 Å². The van der Waals surface area contributed by atoms with Crippen LogP contribution in [0, 0.1) is 6.92 Å². The van der Waals surface area contributed by atoms with Gasteiger partial charge in [0, 0.05) is 10.2 Å². The van der Waals surface area contributed by atoms with Crippen LogP contribution in [0.1, 0.15) is 12.0 Å². The number of carbonyl (C=O) groups is 1. The summed E-state index contributed by atoms with van der Waals surface area (Å²) in [6, 6.07) is 5.29. The average Bonchev–Trinajstić information content (AvgIpc) is 2.29. The molecule has 0 bridgehead atoms. The lowest BCUT2D eigenvalue weighted by Gasteiger charge is -2.13. The van der Waals surface area contributed by atoms with Crippen LogP contribution in [0.5, 0.6) is 0 Å². The SMILES string of the molecule is CSCC[C@H](N)C(=O)Nc1ccc(Br)cc1C. The third-order valence-corrected chi connectivity index (χ3v) is 3.55. The van der Waals surface area contributed by atoms with Gasteiger partial charge in [-0.05, 0) is 49.1 Å². The molecule has 1 rings (SSSR count). The Morgan fingerprint density at radius 2 is 2.29 bits per heavy atom. The van der Waals surface area contributed by atoms with Crippen LogP contribution in [0.4, 0.5) is 5.69 Å². The van der Waals surface area contributed by atoms with Gasteiger partial charge in [0.15, 0.2) is 0 Å². The summed E-state index contributed by atoms with van der Waals surface area (Å²) in [4.78, 5) is 11.8. The van der Waals surface area contributed by atoms with Gasteiger partial charge in [-0.1, -0.05) is 15.9 Å². The zero-order valence-corrected chi connectivity index (χ0v) is 12.4. The maximum atomic E-state index is 11.8. The molecule has 0 aliphatic rings. The van der Waals surface area contributed by atoms with Crippen LogP contribution >= 0.6 is 27.7 Å². The number of nitrogens with one attached hydrogen (secondary N) is 1. The van der Waals surface area contributed by atoms with Crippen LogP contribution in [0.15, 0.2) is 22.7 Å². The molecule has 0 aliphatic heterocycles. The van der Waals surface area contributed by atoms with E-state index in [0.29, 0.717) is 6.42 Å². The number of benzene rings is 1. The van der Waals surface area contributed by atoms with E-state index >= 15 is 0 Å². The zero-order chi connectivity index (χ0) is 12.8. The minimum atomic E-state index is -0.439. The fourth-order valence-electron chi connectivity index (χ4n) is 1.37. The molecule has 0 spiro atoms. The Labute approximate surface area is 115 Å². The predicted molar refractivity (Wildman–Crippen MR) is 78.5 cm³/mol. The minimum absolute atomic E-state index is 0.121. The van der Waals surface area contributed by atoms with Gasteiger partial charge < -0.3 is 11.1 Å². The van der Waals surface area contributed by atoms with E-state index in [1.165, 1.54) is 0 Å². The van der Waals surface area contributed by atoms with Crippen molar-refractivity contribution in [3.8, 4) is 0 Å². The Morgan fingerprint density at radius 3 is 2.88 bits per heavy atom. The lowest BCUT2D eigenvalue weighted by atomic mass is 10.1. The molecule has 0 radical (unpaired) electrons. The van der Waals surface area contributed by atoms with Crippen LogP contribution in [0.3, 0.4) is 0 Å². The molecule has 0 saturated carbocycles. The molecule has 1 aromatic carbocycles. The van der Waals surface area contributed by atoms with Gasteiger partial charge >= 0.3 is 0 Å². The van der Waals surface area contributed by atoms with E-state index in [9.17, 15) is 4.79 Å². The predicted octanol–water partition coefficient (Wildman–Crippen LogP) is 2.78. The van der Waals surface area contributed by atoms with E-state index in [4.69, 9.17) is 5.73 Å². The number of aryl methyl sites for hydroxylation is 1. The molecule has 1 aromatic rings. The molecule has 3 nitrogen and oxygen atoms in total. The maximum Gasteiger partial charge on any atom is 0.241 e. The molecule has 17 heavy (non-hydrogen) atoms. The fraction of sp³-hybridized carbons (Fsp3) is 0.417. The van der Waals surface area contributed by atoms with E-state index in [-0.39, 0.29) is 5.91 Å². The highest BCUT2D eigenvalue weighted by Crippen LogP contribution is 2.20. The summed E-state index contributed by atoms with van der Waals surface area (Å²) < 4.78 is 1.000. The molecule has 94 valence electrons.